The molecule has 1 heterocycles. The molecule has 5 nitrogen and oxygen atoms in total. The van der Waals surface area contributed by atoms with Crippen LogP contribution in [0, 0.1) is 0 Å². The molecule has 0 bridgehead atoms. The van der Waals surface area contributed by atoms with Gasteiger partial charge in [-0.15, -0.1) is 0 Å². The molecule has 0 aliphatic carbocycles. The molecule has 0 radical (unpaired) electrons. The predicted octanol–water partition coefficient (Wildman–Crippen LogP) is 4.14. The van der Waals surface area contributed by atoms with E-state index in [9.17, 15) is 4.79 Å². The van der Waals surface area contributed by atoms with Crippen molar-refractivity contribution in [3.8, 4) is 5.75 Å². The Kier molecular flexibility index (Phi) is 7.07. The first-order chi connectivity index (χ1) is 10.7. The minimum absolute atomic E-state index is 0.0455. The van der Waals surface area contributed by atoms with E-state index in [2.05, 4.69) is 4.98 Å². The molecule has 1 amide bonds. The van der Waals surface area contributed by atoms with Crippen molar-refractivity contribution in [2.75, 3.05) is 13.7 Å². The highest BCUT2D eigenvalue weighted by molar-refractivity contribution is 5.68. The normalized spacial score (nSPS) is 13.0. The maximum absolute atomic E-state index is 12.0. The third-order valence-electron chi connectivity index (χ3n) is 3.18. The number of pyridine rings is 1. The summed E-state index contributed by atoms with van der Waals surface area (Å²) < 4.78 is 10.8. The number of carbonyl (C=O) groups is 1. The van der Waals surface area contributed by atoms with Gasteiger partial charge in [-0.1, -0.05) is 12.2 Å². The number of ether oxygens (including phenoxy) is 2. The number of carbonyl (C=O) groups excluding carboxylic acids is 1. The Hall–Kier alpha value is -2.04. The molecule has 0 aliphatic rings. The van der Waals surface area contributed by atoms with E-state index in [0.29, 0.717) is 6.61 Å². The van der Waals surface area contributed by atoms with Crippen LogP contribution in [0.1, 0.15) is 46.6 Å². The molecule has 0 fully saturated rings. The zero-order valence-corrected chi connectivity index (χ0v) is 15.0. The molecule has 5 heteroatoms. The molecule has 0 saturated carbocycles. The SMILES string of the molecule is CCOc1cncc(/C=C/CC(C)N(C)C(=O)OC(C)(C)C)c1. The summed E-state index contributed by atoms with van der Waals surface area (Å²) in [6.07, 6.45) is 7.90. The Balaban J connectivity index is 2.56. The second-order valence-corrected chi connectivity index (χ2v) is 6.47. The first-order valence-electron chi connectivity index (χ1n) is 7.93. The summed E-state index contributed by atoms with van der Waals surface area (Å²) >= 11 is 0. The van der Waals surface area contributed by atoms with E-state index in [0.717, 1.165) is 17.7 Å². The summed E-state index contributed by atoms with van der Waals surface area (Å²) in [7, 11) is 1.75. The van der Waals surface area contributed by atoms with Crippen LogP contribution in [0.2, 0.25) is 0 Å². The summed E-state index contributed by atoms with van der Waals surface area (Å²) in [5, 5.41) is 0. The molecule has 0 aliphatic heterocycles. The fourth-order valence-corrected chi connectivity index (χ4v) is 1.85. The molecule has 128 valence electrons. The number of aromatic nitrogens is 1. The molecule has 1 atom stereocenters. The number of nitrogens with zero attached hydrogens (tertiary/aromatic N) is 2. The van der Waals surface area contributed by atoms with Crippen LogP contribution in [0.5, 0.6) is 5.75 Å². The van der Waals surface area contributed by atoms with Crippen LogP contribution in [0.3, 0.4) is 0 Å². The van der Waals surface area contributed by atoms with Crippen LogP contribution in [-0.4, -0.2) is 41.3 Å². The van der Waals surface area contributed by atoms with Crippen LogP contribution in [0.25, 0.3) is 6.08 Å². The lowest BCUT2D eigenvalue weighted by Gasteiger charge is -2.28. The highest BCUT2D eigenvalue weighted by Gasteiger charge is 2.22. The highest BCUT2D eigenvalue weighted by atomic mass is 16.6. The second-order valence-electron chi connectivity index (χ2n) is 6.47. The minimum Gasteiger partial charge on any atom is -0.492 e. The first kappa shape index (κ1) is 19.0. The predicted molar refractivity (Wildman–Crippen MR) is 92.5 cm³/mol. The van der Waals surface area contributed by atoms with Gasteiger partial charge in [0.1, 0.15) is 11.4 Å². The van der Waals surface area contributed by atoms with Crippen molar-refractivity contribution in [2.24, 2.45) is 0 Å². The Bertz CT molecular complexity index is 535. The fourth-order valence-electron chi connectivity index (χ4n) is 1.85. The largest absolute Gasteiger partial charge is 0.492 e. The molecular formula is C18H28N2O3. The Morgan fingerprint density at radius 3 is 2.70 bits per heavy atom. The standard InChI is InChI=1S/C18H28N2O3/c1-7-22-16-11-15(12-19-13-16)10-8-9-14(2)20(6)17(21)23-18(3,4)5/h8,10-14H,7,9H2,1-6H3/b10-8+. The first-order valence-corrected chi connectivity index (χ1v) is 7.93. The van der Waals surface area contributed by atoms with Gasteiger partial charge in [0.25, 0.3) is 0 Å². The monoisotopic (exact) mass is 320 g/mol. The Labute approximate surface area is 139 Å². The van der Waals surface area contributed by atoms with Crippen molar-refractivity contribution in [1.82, 2.24) is 9.88 Å². The minimum atomic E-state index is -0.480. The number of hydrogen-bond acceptors (Lipinski definition) is 4. The average Bonchev–Trinajstić information content (AvgIpc) is 2.45. The van der Waals surface area contributed by atoms with Crippen molar-refractivity contribution in [1.29, 1.82) is 0 Å². The third-order valence-corrected chi connectivity index (χ3v) is 3.18. The smallest absolute Gasteiger partial charge is 0.410 e. The van der Waals surface area contributed by atoms with E-state index in [4.69, 9.17) is 9.47 Å². The summed E-state index contributed by atoms with van der Waals surface area (Å²) in [6.45, 7) is 10.1. The van der Waals surface area contributed by atoms with Crippen molar-refractivity contribution in [2.45, 2.75) is 52.7 Å². The average molecular weight is 320 g/mol. The maximum atomic E-state index is 12.0. The van der Waals surface area contributed by atoms with Crippen molar-refractivity contribution < 1.29 is 14.3 Å². The van der Waals surface area contributed by atoms with Gasteiger partial charge in [0.2, 0.25) is 0 Å². The molecule has 0 spiro atoms. The zero-order valence-electron chi connectivity index (χ0n) is 15.0. The van der Waals surface area contributed by atoms with Crippen LogP contribution >= 0.6 is 0 Å². The van der Waals surface area contributed by atoms with Gasteiger partial charge in [0.05, 0.1) is 12.8 Å². The zero-order chi connectivity index (χ0) is 17.5. The lowest BCUT2D eigenvalue weighted by Crippen LogP contribution is -2.39. The lowest BCUT2D eigenvalue weighted by molar-refractivity contribution is 0.0238. The van der Waals surface area contributed by atoms with Crippen molar-refractivity contribution in [3.63, 3.8) is 0 Å². The van der Waals surface area contributed by atoms with E-state index in [1.165, 1.54) is 0 Å². The quantitative estimate of drug-likeness (QED) is 0.790. The van der Waals surface area contributed by atoms with E-state index < -0.39 is 5.60 Å². The maximum Gasteiger partial charge on any atom is 0.410 e. The second kappa shape index (κ2) is 8.56. The van der Waals surface area contributed by atoms with Crippen molar-refractivity contribution in [3.05, 3.63) is 30.1 Å². The molecule has 1 aromatic heterocycles. The molecule has 0 N–H and O–H groups in total. The van der Waals surface area contributed by atoms with E-state index in [1.807, 2.05) is 52.8 Å². The van der Waals surface area contributed by atoms with Gasteiger partial charge < -0.3 is 14.4 Å². The summed E-state index contributed by atoms with van der Waals surface area (Å²) in [5.41, 5.74) is 0.495. The number of hydrogen-bond donors (Lipinski definition) is 0. The van der Waals surface area contributed by atoms with Crippen LogP contribution in [-0.2, 0) is 4.74 Å². The van der Waals surface area contributed by atoms with Gasteiger partial charge in [0.15, 0.2) is 0 Å². The van der Waals surface area contributed by atoms with Gasteiger partial charge >= 0.3 is 6.09 Å². The molecule has 23 heavy (non-hydrogen) atoms. The fraction of sp³-hybridized carbons (Fsp3) is 0.556. The number of amides is 1. The molecule has 0 aromatic carbocycles. The van der Waals surface area contributed by atoms with Gasteiger partial charge in [-0.3, -0.25) is 4.98 Å². The third kappa shape index (κ3) is 7.17. The Morgan fingerprint density at radius 1 is 1.39 bits per heavy atom. The van der Waals surface area contributed by atoms with Gasteiger partial charge in [-0.05, 0) is 52.7 Å². The molecule has 0 saturated heterocycles. The topological polar surface area (TPSA) is 51.7 Å². The summed E-state index contributed by atoms with van der Waals surface area (Å²) in [4.78, 5) is 17.8. The highest BCUT2D eigenvalue weighted by Crippen LogP contribution is 2.15. The van der Waals surface area contributed by atoms with Gasteiger partial charge in [0, 0.05) is 19.3 Å². The van der Waals surface area contributed by atoms with E-state index >= 15 is 0 Å². The molecular weight excluding hydrogens is 292 g/mol. The van der Waals surface area contributed by atoms with E-state index in [1.54, 1.807) is 24.3 Å². The van der Waals surface area contributed by atoms with Crippen LogP contribution in [0.4, 0.5) is 4.79 Å². The van der Waals surface area contributed by atoms with E-state index in [-0.39, 0.29) is 12.1 Å². The van der Waals surface area contributed by atoms with Gasteiger partial charge in [-0.25, -0.2) is 4.79 Å². The summed E-state index contributed by atoms with van der Waals surface area (Å²) in [6, 6.07) is 1.99. The summed E-state index contributed by atoms with van der Waals surface area (Å²) in [5.74, 6) is 0.758. The van der Waals surface area contributed by atoms with Crippen LogP contribution < -0.4 is 4.74 Å². The Morgan fingerprint density at radius 2 is 2.09 bits per heavy atom. The molecule has 1 aromatic rings. The molecule has 1 rings (SSSR count). The molecule has 1 unspecified atom stereocenters. The number of rotatable bonds is 6. The van der Waals surface area contributed by atoms with Crippen LogP contribution in [0.15, 0.2) is 24.5 Å². The van der Waals surface area contributed by atoms with Gasteiger partial charge in [-0.2, -0.15) is 0 Å². The lowest BCUT2D eigenvalue weighted by atomic mass is 10.1. The van der Waals surface area contributed by atoms with Crippen molar-refractivity contribution >= 4 is 12.2 Å².